The van der Waals surface area contributed by atoms with E-state index in [0.717, 1.165) is 17.3 Å². The van der Waals surface area contributed by atoms with Gasteiger partial charge in [-0.1, -0.05) is 6.07 Å². The van der Waals surface area contributed by atoms with Gasteiger partial charge in [0.25, 0.3) is 0 Å². The summed E-state index contributed by atoms with van der Waals surface area (Å²) in [4.78, 5) is 8.46. The second-order valence-corrected chi connectivity index (χ2v) is 7.14. The van der Waals surface area contributed by atoms with Gasteiger partial charge in [0.05, 0.1) is 22.5 Å². The van der Waals surface area contributed by atoms with Crippen molar-refractivity contribution < 1.29 is 0 Å². The van der Waals surface area contributed by atoms with Crippen LogP contribution in [0.4, 0.5) is 5.69 Å². The van der Waals surface area contributed by atoms with E-state index in [1.807, 2.05) is 6.20 Å². The van der Waals surface area contributed by atoms with Gasteiger partial charge in [0.2, 0.25) is 0 Å². The van der Waals surface area contributed by atoms with Gasteiger partial charge in [-0.25, -0.2) is 0 Å². The Labute approximate surface area is 130 Å². The van der Waals surface area contributed by atoms with Crippen LogP contribution in [0.2, 0.25) is 0 Å². The predicted octanol–water partition coefficient (Wildman–Crippen LogP) is 3.70. The summed E-state index contributed by atoms with van der Waals surface area (Å²) in [6, 6.07) is 9.70. The molecule has 0 saturated carbocycles. The van der Waals surface area contributed by atoms with E-state index in [9.17, 15) is 0 Å². The number of nitrogens with zero attached hydrogens (tertiary/aromatic N) is 2. The molecule has 2 bridgehead atoms. The Morgan fingerprint density at radius 3 is 2.71 bits per heavy atom. The largest absolute Gasteiger partial charge is 0.379 e. The van der Waals surface area contributed by atoms with Crippen LogP contribution in [0.1, 0.15) is 19.8 Å². The van der Waals surface area contributed by atoms with E-state index in [4.69, 9.17) is 0 Å². The van der Waals surface area contributed by atoms with Gasteiger partial charge in [0, 0.05) is 12.1 Å². The van der Waals surface area contributed by atoms with E-state index < -0.39 is 0 Å². The molecule has 0 amide bonds. The van der Waals surface area contributed by atoms with Crippen LogP contribution in [0.25, 0.3) is 10.6 Å². The molecule has 0 spiro atoms. The molecule has 2 aromatic heterocycles. The lowest BCUT2D eigenvalue weighted by Gasteiger charge is -2.50. The second-order valence-electron chi connectivity index (χ2n) is 6.19. The molecule has 5 rings (SSSR count). The summed E-state index contributed by atoms with van der Waals surface area (Å²) >= 11 is 1.74. The Balaban J connectivity index is 1.50. The van der Waals surface area contributed by atoms with Gasteiger partial charge in [-0.05, 0) is 62.4 Å². The molecule has 21 heavy (non-hydrogen) atoms. The Bertz CT molecular complexity index is 583. The summed E-state index contributed by atoms with van der Waals surface area (Å²) in [7, 11) is 0. The topological polar surface area (TPSA) is 28.2 Å². The number of nitrogens with one attached hydrogen (secondary N) is 1. The van der Waals surface area contributed by atoms with Crippen molar-refractivity contribution in [1.82, 2.24) is 9.88 Å². The minimum Gasteiger partial charge on any atom is -0.379 e. The van der Waals surface area contributed by atoms with Crippen LogP contribution in [-0.4, -0.2) is 35.1 Å². The van der Waals surface area contributed by atoms with Crippen molar-refractivity contribution in [3.63, 3.8) is 0 Å². The number of fused-ring (bicyclic) bond motifs is 3. The molecule has 0 aliphatic carbocycles. The zero-order valence-electron chi connectivity index (χ0n) is 12.3. The average molecular weight is 299 g/mol. The lowest BCUT2D eigenvalue weighted by molar-refractivity contribution is 0.0458. The molecular formula is C17H21N3S. The number of aromatic nitrogens is 1. The van der Waals surface area contributed by atoms with Crippen molar-refractivity contribution in [1.29, 1.82) is 0 Å². The lowest BCUT2D eigenvalue weighted by atomic mass is 9.79. The lowest BCUT2D eigenvalue weighted by Crippen LogP contribution is -2.59. The van der Waals surface area contributed by atoms with Crippen LogP contribution in [0.5, 0.6) is 0 Å². The molecule has 4 heteroatoms. The Morgan fingerprint density at radius 1 is 1.24 bits per heavy atom. The van der Waals surface area contributed by atoms with Gasteiger partial charge >= 0.3 is 0 Å². The maximum absolute atomic E-state index is 4.61. The van der Waals surface area contributed by atoms with Gasteiger partial charge in [-0.2, -0.15) is 0 Å². The van der Waals surface area contributed by atoms with Crippen LogP contribution < -0.4 is 5.32 Å². The zero-order valence-corrected chi connectivity index (χ0v) is 13.1. The summed E-state index contributed by atoms with van der Waals surface area (Å²) < 4.78 is 0. The van der Waals surface area contributed by atoms with Crippen LogP contribution in [0.15, 0.2) is 35.8 Å². The summed E-state index contributed by atoms with van der Waals surface area (Å²) in [6.45, 7) is 4.91. The number of thiophene rings is 1. The third-order valence-electron chi connectivity index (χ3n) is 5.05. The van der Waals surface area contributed by atoms with Gasteiger partial charge in [-0.3, -0.25) is 9.88 Å². The third-order valence-corrected chi connectivity index (χ3v) is 5.94. The van der Waals surface area contributed by atoms with E-state index >= 15 is 0 Å². The first-order valence-electron chi connectivity index (χ1n) is 7.82. The van der Waals surface area contributed by atoms with Crippen LogP contribution in [0.3, 0.4) is 0 Å². The first kappa shape index (κ1) is 13.3. The fourth-order valence-corrected chi connectivity index (χ4v) is 4.49. The molecule has 110 valence electrons. The number of piperidine rings is 3. The highest BCUT2D eigenvalue weighted by molar-refractivity contribution is 7.13. The van der Waals surface area contributed by atoms with E-state index in [1.165, 1.54) is 30.8 Å². The molecule has 1 N–H and O–H groups in total. The highest BCUT2D eigenvalue weighted by Crippen LogP contribution is 2.34. The normalized spacial score (nSPS) is 31.3. The summed E-state index contributed by atoms with van der Waals surface area (Å²) in [6.07, 6.45) is 4.66. The molecular weight excluding hydrogens is 278 g/mol. The molecule has 5 heterocycles. The van der Waals surface area contributed by atoms with Gasteiger partial charge in [0.15, 0.2) is 0 Å². The van der Waals surface area contributed by atoms with E-state index in [2.05, 4.69) is 51.8 Å². The van der Waals surface area contributed by atoms with Crippen LogP contribution >= 0.6 is 11.3 Å². The molecule has 3 aliphatic heterocycles. The van der Waals surface area contributed by atoms with Crippen molar-refractivity contribution in [2.24, 2.45) is 5.92 Å². The van der Waals surface area contributed by atoms with Crippen molar-refractivity contribution in [2.75, 3.05) is 18.4 Å². The van der Waals surface area contributed by atoms with Gasteiger partial charge < -0.3 is 5.32 Å². The molecule has 2 atom stereocenters. The summed E-state index contributed by atoms with van der Waals surface area (Å²) in [5.74, 6) is 0.821. The molecule has 0 radical (unpaired) electrons. The first-order chi connectivity index (χ1) is 10.3. The fraction of sp³-hybridized carbons (Fsp3) is 0.471. The number of hydrogen-bond donors (Lipinski definition) is 1. The molecule has 2 aromatic rings. The number of anilines is 1. The van der Waals surface area contributed by atoms with Crippen LogP contribution in [-0.2, 0) is 0 Å². The highest BCUT2D eigenvalue weighted by Gasteiger charge is 2.39. The van der Waals surface area contributed by atoms with Gasteiger partial charge in [0.1, 0.15) is 0 Å². The molecule has 3 saturated heterocycles. The fourth-order valence-electron chi connectivity index (χ4n) is 3.79. The molecule has 3 aliphatic rings. The van der Waals surface area contributed by atoms with Crippen molar-refractivity contribution in [3.8, 4) is 10.6 Å². The van der Waals surface area contributed by atoms with E-state index in [-0.39, 0.29) is 0 Å². The Hall–Kier alpha value is -1.39. The average Bonchev–Trinajstić information content (AvgIpc) is 3.06. The minimum atomic E-state index is 0.571. The number of pyridine rings is 1. The van der Waals surface area contributed by atoms with Gasteiger partial charge in [-0.15, -0.1) is 11.3 Å². The monoisotopic (exact) mass is 299 g/mol. The van der Waals surface area contributed by atoms with Crippen molar-refractivity contribution in [3.05, 3.63) is 35.8 Å². The van der Waals surface area contributed by atoms with Crippen molar-refractivity contribution >= 4 is 17.0 Å². The minimum absolute atomic E-state index is 0.571. The first-order valence-corrected chi connectivity index (χ1v) is 8.70. The third kappa shape index (κ3) is 2.47. The quantitative estimate of drug-likeness (QED) is 0.936. The molecule has 3 nitrogen and oxygen atoms in total. The summed E-state index contributed by atoms with van der Waals surface area (Å²) in [5.41, 5.74) is 2.22. The number of hydrogen-bond acceptors (Lipinski definition) is 4. The Kier molecular flexibility index (Phi) is 3.43. The van der Waals surface area contributed by atoms with Crippen LogP contribution in [0, 0.1) is 5.92 Å². The second kappa shape index (κ2) is 5.43. The SMILES string of the molecule is C[C@@H]1[C@@H](Nc2ccc(-c3cccs3)nc2)C2CCN1CC2. The smallest absolute Gasteiger partial charge is 0.0803 e. The molecule has 0 unspecified atom stereocenters. The number of rotatable bonds is 3. The maximum Gasteiger partial charge on any atom is 0.0803 e. The predicted molar refractivity (Wildman–Crippen MR) is 88.7 cm³/mol. The summed E-state index contributed by atoms with van der Waals surface area (Å²) in [5, 5.41) is 5.83. The molecule has 3 fully saturated rings. The van der Waals surface area contributed by atoms with E-state index in [1.54, 1.807) is 11.3 Å². The standard InChI is InChI=1S/C17H21N3S/c1-12-17(13-6-8-20(12)9-7-13)19-14-4-5-15(18-11-14)16-3-2-10-21-16/h2-5,10-13,17,19H,6-9H2,1H3/t12-,17-/m1/s1. The maximum atomic E-state index is 4.61. The highest BCUT2D eigenvalue weighted by atomic mass is 32.1. The Morgan fingerprint density at radius 2 is 2.10 bits per heavy atom. The molecule has 0 aromatic carbocycles. The van der Waals surface area contributed by atoms with E-state index in [0.29, 0.717) is 12.1 Å². The zero-order chi connectivity index (χ0) is 14.2. The van der Waals surface area contributed by atoms with Crippen molar-refractivity contribution in [2.45, 2.75) is 31.8 Å².